The molecule has 96 valence electrons. The molecule has 18 heavy (non-hydrogen) atoms. The maximum absolute atomic E-state index is 12.4. The zero-order valence-corrected chi connectivity index (χ0v) is 12.0. The highest BCUT2D eigenvalue weighted by molar-refractivity contribution is 6.69. The summed E-state index contributed by atoms with van der Waals surface area (Å²) in [5.74, 6) is 0.960. The average Bonchev–Trinajstić information content (AvgIpc) is 2.75. The fourth-order valence-corrected chi connectivity index (χ4v) is 3.92. The van der Waals surface area contributed by atoms with E-state index in [9.17, 15) is 4.79 Å². The van der Waals surface area contributed by atoms with Crippen molar-refractivity contribution in [2.45, 2.75) is 44.2 Å². The lowest BCUT2D eigenvalue weighted by molar-refractivity contribution is -0.124. The van der Waals surface area contributed by atoms with Crippen LogP contribution < -0.4 is 4.74 Å². The van der Waals surface area contributed by atoms with Crippen molar-refractivity contribution in [3.63, 3.8) is 0 Å². The van der Waals surface area contributed by atoms with Crippen LogP contribution in [0.1, 0.15) is 17.9 Å². The topological polar surface area (TPSA) is 35.5 Å². The fourth-order valence-electron chi connectivity index (χ4n) is 2.86. The van der Waals surface area contributed by atoms with Crippen LogP contribution in [-0.4, -0.2) is 26.3 Å². The van der Waals surface area contributed by atoms with Crippen LogP contribution >= 0.6 is 0 Å². The summed E-state index contributed by atoms with van der Waals surface area (Å²) in [4.78, 5) is 12.4. The van der Waals surface area contributed by atoms with Gasteiger partial charge in [-0.15, -0.1) is 0 Å². The lowest BCUT2D eigenvalue weighted by atomic mass is 9.97. The summed E-state index contributed by atoms with van der Waals surface area (Å²) in [6, 6.07) is 7.84. The van der Waals surface area contributed by atoms with Crippen molar-refractivity contribution >= 4 is 14.1 Å². The molecule has 0 N–H and O–H groups in total. The number of Topliss-reactive ketones (excluding diaryl/α,β-unsaturated/α-hetero) is 1. The molecule has 3 nitrogen and oxygen atoms in total. The fraction of sp³-hybridized carbons (Fsp3) is 0.500. The molecule has 3 rings (SSSR count). The van der Waals surface area contributed by atoms with Crippen LogP contribution in [0.2, 0.25) is 19.6 Å². The summed E-state index contributed by atoms with van der Waals surface area (Å²) < 4.78 is 11.8. The van der Waals surface area contributed by atoms with Crippen molar-refractivity contribution in [1.82, 2.24) is 0 Å². The molecule has 1 aromatic carbocycles. The Morgan fingerprint density at radius 3 is 2.72 bits per heavy atom. The van der Waals surface area contributed by atoms with Gasteiger partial charge in [0.1, 0.15) is 18.0 Å². The van der Waals surface area contributed by atoms with E-state index >= 15 is 0 Å². The zero-order chi connectivity index (χ0) is 12.9. The molecular formula is C14H18O3Si. The molecule has 1 aromatic rings. The van der Waals surface area contributed by atoms with Gasteiger partial charge < -0.3 is 9.16 Å². The number of hydrogen-bond acceptors (Lipinski definition) is 3. The third kappa shape index (κ3) is 1.89. The summed E-state index contributed by atoms with van der Waals surface area (Å²) >= 11 is 0. The second-order valence-corrected chi connectivity index (χ2v) is 10.5. The number of carbonyl (C=O) groups excluding carboxylic acids is 1. The van der Waals surface area contributed by atoms with Crippen LogP contribution in [0, 0.1) is 0 Å². The maximum Gasteiger partial charge on any atom is 0.184 e. The molecule has 0 spiro atoms. The average molecular weight is 262 g/mol. The SMILES string of the molecule is C[Si](C)(C)OC1CC2Oc3ccccc3C2C1=O. The standard InChI is InChI=1S/C14H18O3Si/c1-18(2,3)17-12-8-11-13(14(12)15)9-6-4-5-7-10(9)16-11/h4-7,11-13H,8H2,1-3H3. The molecule has 4 heteroatoms. The Hall–Kier alpha value is -1.13. The lowest BCUT2D eigenvalue weighted by Gasteiger charge is -2.22. The highest BCUT2D eigenvalue weighted by atomic mass is 28.4. The number of hydrogen-bond donors (Lipinski definition) is 0. The molecule has 0 bridgehead atoms. The van der Waals surface area contributed by atoms with E-state index in [1.807, 2.05) is 24.3 Å². The van der Waals surface area contributed by atoms with Crippen LogP contribution in [0.15, 0.2) is 24.3 Å². The number of benzene rings is 1. The van der Waals surface area contributed by atoms with E-state index in [1.165, 1.54) is 0 Å². The van der Waals surface area contributed by atoms with Crippen molar-refractivity contribution in [3.8, 4) is 5.75 Å². The minimum absolute atomic E-state index is 0.0174. The first-order valence-electron chi connectivity index (χ1n) is 6.43. The van der Waals surface area contributed by atoms with Crippen LogP contribution in [0.25, 0.3) is 0 Å². The monoisotopic (exact) mass is 262 g/mol. The Kier molecular flexibility index (Phi) is 2.61. The molecule has 2 aliphatic rings. The molecule has 3 atom stereocenters. The van der Waals surface area contributed by atoms with E-state index < -0.39 is 8.32 Å². The molecule has 1 heterocycles. The van der Waals surface area contributed by atoms with Gasteiger partial charge in [0.25, 0.3) is 0 Å². The van der Waals surface area contributed by atoms with Gasteiger partial charge in [-0.25, -0.2) is 0 Å². The molecule has 0 saturated heterocycles. The van der Waals surface area contributed by atoms with Gasteiger partial charge in [0.15, 0.2) is 14.1 Å². The molecule has 0 amide bonds. The molecule has 1 saturated carbocycles. The summed E-state index contributed by atoms with van der Waals surface area (Å²) in [7, 11) is -1.68. The normalized spacial score (nSPS) is 29.9. The Morgan fingerprint density at radius 1 is 1.28 bits per heavy atom. The van der Waals surface area contributed by atoms with Crippen molar-refractivity contribution in [3.05, 3.63) is 29.8 Å². The first kappa shape index (κ1) is 11.9. The van der Waals surface area contributed by atoms with Crippen molar-refractivity contribution in [1.29, 1.82) is 0 Å². The lowest BCUT2D eigenvalue weighted by Crippen LogP contribution is -2.35. The molecule has 1 aliphatic heterocycles. The Labute approximate surface area is 108 Å². The first-order valence-corrected chi connectivity index (χ1v) is 9.84. The summed E-state index contributed by atoms with van der Waals surface area (Å²) in [5, 5.41) is 0. The predicted octanol–water partition coefficient (Wildman–Crippen LogP) is 2.72. The van der Waals surface area contributed by atoms with E-state index in [0.717, 1.165) is 11.3 Å². The van der Waals surface area contributed by atoms with E-state index in [4.69, 9.17) is 9.16 Å². The van der Waals surface area contributed by atoms with Crippen LogP contribution in [0.5, 0.6) is 5.75 Å². The number of para-hydroxylation sites is 1. The van der Waals surface area contributed by atoms with Gasteiger partial charge in [-0.2, -0.15) is 0 Å². The van der Waals surface area contributed by atoms with Crippen LogP contribution in [0.4, 0.5) is 0 Å². The van der Waals surface area contributed by atoms with Gasteiger partial charge in [0, 0.05) is 12.0 Å². The second-order valence-electron chi connectivity index (χ2n) is 6.03. The van der Waals surface area contributed by atoms with Gasteiger partial charge in [0.2, 0.25) is 0 Å². The highest BCUT2D eigenvalue weighted by Crippen LogP contribution is 2.45. The maximum atomic E-state index is 12.4. The van der Waals surface area contributed by atoms with Crippen LogP contribution in [0.3, 0.4) is 0 Å². The van der Waals surface area contributed by atoms with Gasteiger partial charge in [-0.1, -0.05) is 18.2 Å². The number of fused-ring (bicyclic) bond motifs is 3. The minimum atomic E-state index is -1.68. The molecule has 0 radical (unpaired) electrons. The second kappa shape index (κ2) is 3.93. The summed E-state index contributed by atoms with van der Waals surface area (Å²) in [6.07, 6.45) is 0.416. The molecule has 0 aromatic heterocycles. The van der Waals surface area contributed by atoms with Gasteiger partial charge >= 0.3 is 0 Å². The molecule has 1 aliphatic carbocycles. The minimum Gasteiger partial charge on any atom is -0.489 e. The van der Waals surface area contributed by atoms with Gasteiger partial charge in [-0.05, 0) is 25.7 Å². The smallest absolute Gasteiger partial charge is 0.184 e. The predicted molar refractivity (Wildman–Crippen MR) is 71.4 cm³/mol. The van der Waals surface area contributed by atoms with E-state index in [-0.39, 0.29) is 23.9 Å². The zero-order valence-electron chi connectivity index (χ0n) is 11.0. The number of ketones is 1. The summed E-state index contributed by atoms with van der Waals surface area (Å²) in [6.45, 7) is 6.34. The quantitative estimate of drug-likeness (QED) is 0.769. The van der Waals surface area contributed by atoms with Crippen LogP contribution in [-0.2, 0) is 9.22 Å². The number of carbonyl (C=O) groups is 1. The van der Waals surface area contributed by atoms with E-state index in [1.54, 1.807) is 0 Å². The van der Waals surface area contributed by atoms with E-state index in [0.29, 0.717) is 6.42 Å². The van der Waals surface area contributed by atoms with Gasteiger partial charge in [0.05, 0.1) is 5.92 Å². The van der Waals surface area contributed by atoms with Crippen molar-refractivity contribution in [2.75, 3.05) is 0 Å². The van der Waals surface area contributed by atoms with Gasteiger partial charge in [-0.3, -0.25) is 4.79 Å². The Balaban J connectivity index is 1.85. The van der Waals surface area contributed by atoms with E-state index in [2.05, 4.69) is 19.6 Å². The summed E-state index contributed by atoms with van der Waals surface area (Å²) in [5.41, 5.74) is 1.04. The molecule has 1 fully saturated rings. The van der Waals surface area contributed by atoms with Crippen molar-refractivity contribution < 1.29 is 14.0 Å². The highest BCUT2D eigenvalue weighted by Gasteiger charge is 2.50. The molecule has 3 unspecified atom stereocenters. The van der Waals surface area contributed by atoms with Crippen molar-refractivity contribution in [2.24, 2.45) is 0 Å². The molecular weight excluding hydrogens is 244 g/mol. The third-order valence-corrected chi connectivity index (χ3v) is 4.46. The third-order valence-electron chi connectivity index (χ3n) is 3.47. The Morgan fingerprint density at radius 2 is 2.00 bits per heavy atom. The number of ether oxygens (including phenoxy) is 1. The largest absolute Gasteiger partial charge is 0.489 e. The first-order chi connectivity index (χ1) is 8.46. The Bertz CT molecular complexity index is 492. The number of rotatable bonds is 2.